The molecule has 7 heteroatoms. The number of thioether (sulfide) groups is 1. The molecule has 0 fully saturated rings. The summed E-state index contributed by atoms with van der Waals surface area (Å²) < 4.78 is 24.5. The van der Waals surface area contributed by atoms with Gasteiger partial charge in [-0.3, -0.25) is 0 Å². The molecule has 0 atom stereocenters. The van der Waals surface area contributed by atoms with E-state index in [1.807, 2.05) is 13.0 Å². The molecule has 0 aliphatic carbocycles. The van der Waals surface area contributed by atoms with E-state index in [2.05, 4.69) is 10.6 Å². The zero-order valence-corrected chi connectivity index (χ0v) is 13.3. The quantitative estimate of drug-likeness (QED) is 0.423. The Morgan fingerprint density at radius 2 is 1.82 bits per heavy atom. The van der Waals surface area contributed by atoms with Gasteiger partial charge < -0.3 is 15.7 Å². The van der Waals surface area contributed by atoms with Crippen molar-refractivity contribution in [3.8, 4) is 5.75 Å². The van der Waals surface area contributed by atoms with E-state index < -0.39 is 5.76 Å². The number of anilines is 2. The number of hydrogen-bond donors (Lipinski definition) is 3. The lowest BCUT2D eigenvalue weighted by Gasteiger charge is -2.12. The zero-order chi connectivity index (χ0) is 16.1. The summed E-state index contributed by atoms with van der Waals surface area (Å²) in [7, 11) is 0. The first-order chi connectivity index (χ1) is 10.4. The Bertz CT molecular complexity index is 663. The van der Waals surface area contributed by atoms with Crippen molar-refractivity contribution in [3.63, 3.8) is 0 Å². The molecule has 2 aromatic rings. The van der Waals surface area contributed by atoms with Crippen LogP contribution in [0.5, 0.6) is 5.75 Å². The Morgan fingerprint density at radius 3 is 2.41 bits per heavy atom. The highest BCUT2D eigenvalue weighted by Gasteiger charge is 2.06. The molecule has 0 aromatic heterocycles. The Labute approximate surface area is 136 Å². The fraction of sp³-hybridized carbons (Fsp3) is 0.133. The number of benzene rings is 2. The van der Waals surface area contributed by atoms with Crippen molar-refractivity contribution in [2.45, 2.75) is 17.6 Å². The molecule has 0 heterocycles. The maximum absolute atomic E-state index is 12.2. The topological polar surface area (TPSA) is 44.3 Å². The summed E-state index contributed by atoms with van der Waals surface area (Å²) in [5, 5.41) is 15.9. The Hall–Kier alpha value is -1.86. The van der Waals surface area contributed by atoms with E-state index in [1.165, 1.54) is 0 Å². The van der Waals surface area contributed by atoms with E-state index in [0.29, 0.717) is 33.1 Å². The van der Waals surface area contributed by atoms with Gasteiger partial charge in [0.15, 0.2) is 5.11 Å². The predicted octanol–water partition coefficient (Wildman–Crippen LogP) is 4.82. The van der Waals surface area contributed by atoms with Crippen LogP contribution in [0.4, 0.5) is 20.2 Å². The molecule has 3 N–H and O–H groups in total. The highest BCUT2D eigenvalue weighted by Crippen LogP contribution is 2.27. The Kier molecular flexibility index (Phi) is 5.57. The maximum Gasteiger partial charge on any atom is 0.288 e. The molecule has 0 saturated carbocycles. The molecule has 0 spiro atoms. The van der Waals surface area contributed by atoms with Gasteiger partial charge in [0.1, 0.15) is 5.75 Å². The van der Waals surface area contributed by atoms with Crippen LogP contribution in [0.2, 0.25) is 0 Å². The highest BCUT2D eigenvalue weighted by atomic mass is 32.2. The first-order valence-electron chi connectivity index (χ1n) is 6.36. The van der Waals surface area contributed by atoms with Crippen LogP contribution >= 0.6 is 24.0 Å². The van der Waals surface area contributed by atoms with Gasteiger partial charge in [-0.05, 0) is 61.1 Å². The van der Waals surface area contributed by atoms with Gasteiger partial charge in [-0.25, -0.2) is 0 Å². The lowest BCUT2D eigenvalue weighted by molar-refractivity contribution is 0.252. The smallest absolute Gasteiger partial charge is 0.288 e. The first-order valence-corrected chi connectivity index (χ1v) is 7.65. The molecule has 2 aromatic carbocycles. The van der Waals surface area contributed by atoms with E-state index >= 15 is 0 Å². The van der Waals surface area contributed by atoms with E-state index in [1.54, 1.807) is 36.4 Å². The van der Waals surface area contributed by atoms with Crippen molar-refractivity contribution in [1.82, 2.24) is 0 Å². The lowest BCUT2D eigenvalue weighted by atomic mass is 10.2. The summed E-state index contributed by atoms with van der Waals surface area (Å²) >= 11 is 5.64. The van der Waals surface area contributed by atoms with Crippen LogP contribution in [0, 0.1) is 6.92 Å². The fourth-order valence-corrected chi connectivity index (χ4v) is 2.48. The number of phenols is 1. The van der Waals surface area contributed by atoms with E-state index in [-0.39, 0.29) is 5.75 Å². The average Bonchev–Trinajstić information content (AvgIpc) is 2.43. The minimum absolute atomic E-state index is 0.104. The van der Waals surface area contributed by atoms with Crippen LogP contribution in [0.15, 0.2) is 47.4 Å². The van der Waals surface area contributed by atoms with Gasteiger partial charge in [0.05, 0.1) is 5.69 Å². The second kappa shape index (κ2) is 7.42. The van der Waals surface area contributed by atoms with Gasteiger partial charge in [-0.15, -0.1) is 0 Å². The highest BCUT2D eigenvalue weighted by molar-refractivity contribution is 7.99. The van der Waals surface area contributed by atoms with Crippen molar-refractivity contribution in [3.05, 3.63) is 48.0 Å². The van der Waals surface area contributed by atoms with Crippen LogP contribution in [-0.2, 0) is 0 Å². The van der Waals surface area contributed by atoms with Gasteiger partial charge in [0.2, 0.25) is 0 Å². The average molecular weight is 340 g/mol. The maximum atomic E-state index is 12.2. The number of thiocarbonyl (C=S) groups is 1. The third kappa shape index (κ3) is 4.85. The first kappa shape index (κ1) is 16.5. The number of hydrogen-bond acceptors (Lipinski definition) is 3. The normalized spacial score (nSPS) is 10.5. The van der Waals surface area contributed by atoms with Crippen molar-refractivity contribution in [1.29, 1.82) is 0 Å². The van der Waals surface area contributed by atoms with Crippen LogP contribution < -0.4 is 10.6 Å². The van der Waals surface area contributed by atoms with Crippen LogP contribution in [-0.4, -0.2) is 16.0 Å². The van der Waals surface area contributed by atoms with Gasteiger partial charge in [-0.2, -0.15) is 8.78 Å². The largest absolute Gasteiger partial charge is 0.506 e. The number of alkyl halides is 2. The molecule has 3 nitrogen and oxygen atoms in total. The molecule has 116 valence electrons. The third-order valence-corrected chi connectivity index (χ3v) is 3.67. The third-order valence-electron chi connectivity index (χ3n) is 2.74. The molecule has 0 radical (unpaired) electrons. The van der Waals surface area contributed by atoms with E-state index in [0.717, 1.165) is 5.56 Å². The molecule has 0 unspecified atom stereocenters. The number of nitrogens with one attached hydrogen (secondary N) is 2. The number of phenolic OH excluding ortho intramolecular Hbond substituents is 1. The summed E-state index contributed by atoms with van der Waals surface area (Å²) in [5.74, 6) is -2.33. The molecular weight excluding hydrogens is 326 g/mol. The van der Waals surface area contributed by atoms with E-state index in [9.17, 15) is 13.9 Å². The molecule has 0 bridgehead atoms. The number of aryl methyl sites for hydroxylation is 1. The minimum atomic E-state index is -2.44. The molecule has 0 aliphatic heterocycles. The lowest BCUT2D eigenvalue weighted by Crippen LogP contribution is -2.19. The van der Waals surface area contributed by atoms with Crippen molar-refractivity contribution >= 4 is 40.5 Å². The number of halogens is 2. The summed E-state index contributed by atoms with van der Waals surface area (Å²) in [6.07, 6.45) is 0. The predicted molar refractivity (Wildman–Crippen MR) is 91.0 cm³/mol. The van der Waals surface area contributed by atoms with Crippen LogP contribution in [0.1, 0.15) is 5.56 Å². The standard InChI is InChI=1S/C15H14F2N2OS2/c1-9-2-7-12(13(20)8-9)19-15(21)18-10-3-5-11(6-4-10)22-14(16)17/h2-8,14,20H,1H3,(H2,18,19,21). The molecule has 2 rings (SSSR count). The molecule has 22 heavy (non-hydrogen) atoms. The van der Waals surface area contributed by atoms with E-state index in [4.69, 9.17) is 12.2 Å². The van der Waals surface area contributed by atoms with Crippen molar-refractivity contribution in [2.24, 2.45) is 0 Å². The van der Waals surface area contributed by atoms with Gasteiger partial charge in [0.25, 0.3) is 5.76 Å². The van der Waals surface area contributed by atoms with Crippen molar-refractivity contribution in [2.75, 3.05) is 10.6 Å². The number of rotatable bonds is 4. The van der Waals surface area contributed by atoms with Crippen molar-refractivity contribution < 1.29 is 13.9 Å². The molecular formula is C15H14F2N2OS2. The summed E-state index contributed by atoms with van der Waals surface area (Å²) in [5.41, 5.74) is 2.10. The minimum Gasteiger partial charge on any atom is -0.506 e. The van der Waals surface area contributed by atoms with Gasteiger partial charge in [0, 0.05) is 10.6 Å². The monoisotopic (exact) mass is 340 g/mol. The SMILES string of the molecule is Cc1ccc(NC(=S)Nc2ccc(SC(F)F)cc2)c(O)c1. The zero-order valence-electron chi connectivity index (χ0n) is 11.6. The summed E-state index contributed by atoms with van der Waals surface area (Å²) in [6.45, 7) is 1.87. The number of aromatic hydroxyl groups is 1. The molecule has 0 saturated heterocycles. The fourth-order valence-electron chi connectivity index (χ4n) is 1.75. The van der Waals surface area contributed by atoms with Gasteiger partial charge >= 0.3 is 0 Å². The molecule has 0 aliphatic rings. The summed E-state index contributed by atoms with van der Waals surface area (Å²) in [4.78, 5) is 0.482. The summed E-state index contributed by atoms with van der Waals surface area (Å²) in [6, 6.07) is 11.7. The Balaban J connectivity index is 1.97. The molecule has 0 amide bonds. The van der Waals surface area contributed by atoms with Crippen LogP contribution in [0.25, 0.3) is 0 Å². The van der Waals surface area contributed by atoms with Gasteiger partial charge in [-0.1, -0.05) is 17.8 Å². The Morgan fingerprint density at radius 1 is 1.14 bits per heavy atom. The van der Waals surface area contributed by atoms with Crippen LogP contribution in [0.3, 0.4) is 0 Å². The second-order valence-electron chi connectivity index (χ2n) is 4.50. The second-order valence-corrected chi connectivity index (χ2v) is 5.97.